The van der Waals surface area contributed by atoms with E-state index in [1.807, 2.05) is 293 Å². The van der Waals surface area contributed by atoms with Crippen LogP contribution < -0.4 is 16.1 Å². The number of nitrogens with zero attached hydrogens (tertiary/aromatic N) is 29. The number of aromatic amines is 1. The molecule has 0 bridgehead atoms. The summed E-state index contributed by atoms with van der Waals surface area (Å²) in [5.41, 5.74) is 16.4. The summed E-state index contributed by atoms with van der Waals surface area (Å²) in [6.07, 6.45) is 63.3. The van der Waals surface area contributed by atoms with Crippen molar-refractivity contribution in [2.24, 2.45) is 5.10 Å². The molecule has 3 aliphatic heterocycles. The largest absolute Gasteiger partial charge is 0.379 e. The van der Waals surface area contributed by atoms with Crippen LogP contribution in [-0.2, 0) is 4.74 Å². The van der Waals surface area contributed by atoms with Crippen LogP contribution in [0.4, 0.5) is 0 Å². The van der Waals surface area contributed by atoms with Gasteiger partial charge in [-0.05, 0) is 158 Å². The van der Waals surface area contributed by atoms with Crippen molar-refractivity contribution in [3.63, 3.8) is 0 Å². The summed E-state index contributed by atoms with van der Waals surface area (Å²) in [5.74, 6) is 0. The Labute approximate surface area is 752 Å². The fourth-order valence-electron chi connectivity index (χ4n) is 9.66. The Kier molecular flexibility index (Phi) is 46.3. The molecule has 0 atom stereocenters. The molecule has 0 unspecified atom stereocenters. The number of aromatic nitrogens is 29. The number of H-pyrrole nitrogens is 1. The Morgan fingerprint density at radius 2 is 0.931 bits per heavy atom. The third-order valence-electron chi connectivity index (χ3n) is 15.5. The van der Waals surface area contributed by atoms with E-state index in [1.54, 1.807) is 134 Å². The highest BCUT2D eigenvalue weighted by atomic mass is 32.1. The van der Waals surface area contributed by atoms with Crippen molar-refractivity contribution < 1.29 is 4.74 Å². The van der Waals surface area contributed by atoms with Crippen LogP contribution in [0.25, 0.3) is 65.6 Å². The smallest absolute Gasteiger partial charge is 0.160 e. The fourth-order valence-corrected chi connectivity index (χ4v) is 10.3. The summed E-state index contributed by atoms with van der Waals surface area (Å²) in [7, 11) is 0. The van der Waals surface area contributed by atoms with E-state index in [0.29, 0.717) is 0 Å². The first-order chi connectivity index (χ1) is 64.5. The number of imidazole rings is 2. The average molecular weight is 1740 g/mol. The zero-order chi connectivity index (χ0) is 90.2. The lowest BCUT2D eigenvalue weighted by molar-refractivity contribution is 0.109. The van der Waals surface area contributed by atoms with Crippen LogP contribution in [0, 0.1) is 0 Å². The van der Waals surface area contributed by atoms with Crippen LogP contribution in [0.5, 0.6) is 0 Å². The molecule has 4 N–H and O–H groups in total. The highest BCUT2D eigenvalue weighted by molar-refractivity contribution is 7.16. The molecule has 18 aromatic heterocycles. The monoisotopic (exact) mass is 1740 g/mol. The first-order valence-corrected chi connectivity index (χ1v) is 40.6. The highest BCUT2D eigenvalue weighted by Gasteiger charge is 1.96. The summed E-state index contributed by atoms with van der Waals surface area (Å²) in [5, 5.41) is 40.4. The molecule has 34 nitrogen and oxygen atoms in total. The maximum absolute atomic E-state index is 5.01. The van der Waals surface area contributed by atoms with E-state index in [4.69, 9.17) is 4.74 Å². The lowest BCUT2D eigenvalue weighted by Crippen LogP contribution is -2.30. The third-order valence-corrected chi connectivity index (χ3v) is 16.4. The van der Waals surface area contributed by atoms with Crippen LogP contribution in [0.1, 0.15) is 0 Å². The number of morpholine rings is 1. The van der Waals surface area contributed by atoms with Crippen molar-refractivity contribution in [2.45, 2.75) is 0 Å². The average Bonchev–Trinajstić information content (AvgIpc) is 1.56. The van der Waals surface area contributed by atoms with E-state index in [0.717, 1.165) is 93.3 Å². The van der Waals surface area contributed by atoms with Crippen molar-refractivity contribution >= 4 is 83.2 Å². The molecule has 1 fully saturated rings. The first kappa shape index (κ1) is 95.7. The molecule has 1 saturated heterocycles. The van der Waals surface area contributed by atoms with Crippen molar-refractivity contribution in [1.82, 2.24) is 159 Å². The van der Waals surface area contributed by atoms with Gasteiger partial charge < -0.3 is 24.8 Å². The van der Waals surface area contributed by atoms with Crippen LogP contribution in [0.2, 0.25) is 0 Å². The summed E-state index contributed by atoms with van der Waals surface area (Å²) in [6, 6.07) is 72.5. The lowest BCUT2D eigenvalue weighted by Gasteiger charge is -2.10. The summed E-state index contributed by atoms with van der Waals surface area (Å²) in [4.78, 5) is 64.6. The van der Waals surface area contributed by atoms with Crippen molar-refractivity contribution in [2.75, 3.05) is 26.3 Å². The van der Waals surface area contributed by atoms with Gasteiger partial charge in [0.05, 0.1) is 74.6 Å². The number of nitrogens with one attached hydrogen (secondary N) is 4. The molecule has 648 valence electrons. The van der Waals surface area contributed by atoms with Gasteiger partial charge in [-0.15, -0.1) is 26.6 Å². The second-order valence-electron chi connectivity index (χ2n) is 24.7. The molecule has 130 heavy (non-hydrogen) atoms. The second-order valence-corrected chi connectivity index (χ2v) is 25.6. The Bertz CT molecular complexity index is 5350. The zero-order valence-corrected chi connectivity index (χ0v) is 71.1. The number of allylic oxidation sites excluding steroid dienone is 5. The molecule has 0 saturated carbocycles. The van der Waals surface area contributed by atoms with E-state index in [-0.39, 0.29) is 0 Å². The molecule has 35 heteroatoms. The van der Waals surface area contributed by atoms with Gasteiger partial charge in [0.15, 0.2) is 11.3 Å². The van der Waals surface area contributed by atoms with Gasteiger partial charge in [-0.2, -0.15) is 30.6 Å². The molecule has 25 rings (SSSR count). The Balaban J connectivity index is 0.000000156. The molecular formula is C95H91N33OS. The predicted octanol–water partition coefficient (Wildman–Crippen LogP) is 15.5. The summed E-state index contributed by atoms with van der Waals surface area (Å²) < 4.78 is 13.7. The zero-order valence-electron chi connectivity index (χ0n) is 70.3. The van der Waals surface area contributed by atoms with Gasteiger partial charge in [0.1, 0.15) is 49.9 Å². The summed E-state index contributed by atoms with van der Waals surface area (Å²) in [6.45, 7) is 11.1. The maximum atomic E-state index is 5.01. The van der Waals surface area contributed by atoms with Gasteiger partial charge in [0.25, 0.3) is 0 Å². The molecule has 4 aromatic carbocycles. The van der Waals surface area contributed by atoms with Crippen molar-refractivity contribution in [1.29, 1.82) is 0 Å². The standard InChI is InChI=1S/C9H7N.C8H6N2.3C7H6N2.C7H5NS.2C6H5N3.C6H7N.C5H6N2.C5H5N.3C4H4N2.C4H9NO.2C3H3N3/c1-2-6-9-8(4-1)5-3-7-10-9;1-2-4-8-7(3-1)9-5-6-10-8;1-2-6-9-7(3-1)4-5-8-9;1-2-5-9-6-4-8-7(9)3-1;2*1-2-4-7-6(3-1)8-5-9-7;1-2-4-9-5-7-8-6(9)3-1;1-2-4-9-6(3-1)7-5-8-9;1-6-4-2-3-5-7-6;1-5-3-2-4-6-7-5;1-2-4-6-5-3-1;1-2-6-4-3-5-1;1-2-5-4-6-3-1;1-2-4-6-5-3-1;1-3-6-4-2-5-1;1-4-2-6-3-5-1;1-2-5-6-3-4-1/h1-7H;1-6H;2*1-6H;1-5H,(H,8,9);3*1-5H;2-5,7H,1H2;2-4,7H,1H2;1-5H;3*1-4H;5H,1-4H2;2*1-3H. The number of hydrogen-bond donors (Lipinski definition) is 4. The number of rotatable bonds is 0. The van der Waals surface area contributed by atoms with Crippen molar-refractivity contribution in [3.8, 4) is 0 Å². The van der Waals surface area contributed by atoms with Gasteiger partial charge in [0, 0.05) is 172 Å². The van der Waals surface area contributed by atoms with E-state index in [9.17, 15) is 0 Å². The fraction of sp³-hybridized carbons (Fsp3) is 0.0421. The SMILES string of the molecule is C1COCCN1.C=C1C=CC=CN1.C=C1C=CC=NN1.c1ccc2[nH]cnc2c1.c1ccc2ncccc2c1.c1ccc2nccnc2c1.c1ccc2scnc2c1.c1ccn2ccnc2c1.c1ccn2cnnc2c1.c1ccn2nccc2c1.c1ccn2ncnc2c1.c1ccncc1.c1ccnnc1.c1cnccn1.c1cncnc1.c1cnncn1.c1ncncn1. The predicted molar refractivity (Wildman–Crippen MR) is 507 cm³/mol. The quantitative estimate of drug-likeness (QED) is 0.110. The van der Waals surface area contributed by atoms with E-state index < -0.39 is 0 Å². The van der Waals surface area contributed by atoms with Crippen LogP contribution in [0.3, 0.4) is 0 Å². The Morgan fingerprint density at radius 3 is 1.44 bits per heavy atom. The molecule has 0 spiro atoms. The summed E-state index contributed by atoms with van der Waals surface area (Å²) >= 11 is 1.68. The number of benzene rings is 4. The number of hydrazone groups is 1. The van der Waals surface area contributed by atoms with Gasteiger partial charge in [-0.1, -0.05) is 110 Å². The third kappa shape index (κ3) is 41.2. The normalized spacial score (nSPS) is 10.9. The van der Waals surface area contributed by atoms with Gasteiger partial charge in [-0.25, -0.2) is 58.9 Å². The van der Waals surface area contributed by atoms with Crippen LogP contribution >= 0.6 is 11.3 Å². The lowest BCUT2D eigenvalue weighted by atomic mass is 10.2. The number of pyridine rings is 6. The van der Waals surface area contributed by atoms with E-state index in [2.05, 4.69) is 178 Å². The van der Waals surface area contributed by atoms with Gasteiger partial charge >= 0.3 is 0 Å². The number of hydrogen-bond acceptors (Lipinski definition) is 30. The molecule has 3 aliphatic rings. The van der Waals surface area contributed by atoms with E-state index >= 15 is 0 Å². The Hall–Kier alpha value is -18.1. The minimum Gasteiger partial charge on any atom is -0.379 e. The minimum absolute atomic E-state index is 0.836. The number of thiazole rings is 1. The molecule has 0 amide bonds. The Morgan fingerprint density at radius 1 is 0.346 bits per heavy atom. The molecule has 21 heterocycles. The minimum atomic E-state index is 0.836. The molecular weight excluding hydrogens is 1650 g/mol. The molecule has 22 aromatic rings. The first-order valence-electron chi connectivity index (χ1n) is 39.7. The molecule has 0 radical (unpaired) electrons. The number of fused-ring (bicyclic) bond motifs is 8. The number of ether oxygens (including phenoxy) is 1. The van der Waals surface area contributed by atoms with Gasteiger partial charge in [0.2, 0.25) is 0 Å². The topological polar surface area (TPSA) is 400 Å². The number of dihydropyridines is 1. The van der Waals surface area contributed by atoms with E-state index in [1.165, 1.54) is 54.2 Å². The van der Waals surface area contributed by atoms with Crippen LogP contribution in [-0.4, -0.2) is 176 Å². The second kappa shape index (κ2) is 62.9. The molecule has 0 aliphatic carbocycles. The van der Waals surface area contributed by atoms with Gasteiger partial charge in [-0.3, -0.25) is 39.7 Å². The van der Waals surface area contributed by atoms with Crippen LogP contribution in [0.15, 0.2) is 483 Å². The van der Waals surface area contributed by atoms with Crippen molar-refractivity contribution in [3.05, 3.63) is 478 Å². The maximum Gasteiger partial charge on any atom is 0.160 e. The number of para-hydroxylation sites is 6. The highest BCUT2D eigenvalue weighted by Crippen LogP contribution is 2.16.